The molecule has 2 rings (SSSR count). The third kappa shape index (κ3) is 3.12. The Labute approximate surface area is 123 Å². The Morgan fingerprint density at radius 1 is 1.29 bits per heavy atom. The molecule has 5 nitrogen and oxygen atoms in total. The largest absolute Gasteiger partial charge is 0.469 e. The summed E-state index contributed by atoms with van der Waals surface area (Å²) in [5.41, 5.74) is 2.45. The van der Waals surface area contributed by atoms with Gasteiger partial charge in [-0.2, -0.15) is 0 Å². The van der Waals surface area contributed by atoms with E-state index in [9.17, 15) is 14.4 Å². The number of anilines is 1. The van der Waals surface area contributed by atoms with Gasteiger partial charge in [0.05, 0.1) is 13.5 Å². The van der Waals surface area contributed by atoms with Crippen LogP contribution in [0.1, 0.15) is 42.6 Å². The van der Waals surface area contributed by atoms with Gasteiger partial charge in [-0.1, -0.05) is 0 Å². The number of rotatable bonds is 4. The fourth-order valence-corrected chi connectivity index (χ4v) is 2.75. The predicted octanol–water partition coefficient (Wildman–Crippen LogP) is 2.12. The van der Waals surface area contributed by atoms with Crippen LogP contribution in [0.15, 0.2) is 18.2 Å². The zero-order valence-corrected chi connectivity index (χ0v) is 12.5. The minimum absolute atomic E-state index is 0.00557. The predicted molar refractivity (Wildman–Crippen MR) is 78.3 cm³/mol. The normalized spacial score (nSPS) is 16.5. The van der Waals surface area contributed by atoms with Crippen LogP contribution in [0.4, 0.5) is 5.69 Å². The van der Waals surface area contributed by atoms with E-state index in [0.717, 1.165) is 17.7 Å². The lowest BCUT2D eigenvalue weighted by atomic mass is 10.0. The van der Waals surface area contributed by atoms with Crippen LogP contribution in [-0.4, -0.2) is 30.8 Å². The highest BCUT2D eigenvalue weighted by molar-refractivity contribution is 6.00. The van der Waals surface area contributed by atoms with Gasteiger partial charge in [-0.05, 0) is 37.1 Å². The Kier molecular flexibility index (Phi) is 4.40. The average Bonchev–Trinajstić information content (AvgIpc) is 2.78. The quantitative estimate of drug-likeness (QED) is 0.629. The van der Waals surface area contributed by atoms with Gasteiger partial charge in [-0.15, -0.1) is 0 Å². The van der Waals surface area contributed by atoms with Crippen molar-refractivity contribution < 1.29 is 19.1 Å². The molecule has 0 bridgehead atoms. The molecule has 1 aliphatic heterocycles. The first-order valence-corrected chi connectivity index (χ1v) is 6.96. The fourth-order valence-electron chi connectivity index (χ4n) is 2.75. The van der Waals surface area contributed by atoms with Crippen LogP contribution in [0.5, 0.6) is 0 Å². The molecule has 0 saturated heterocycles. The van der Waals surface area contributed by atoms with Crippen LogP contribution >= 0.6 is 0 Å². The highest BCUT2D eigenvalue weighted by atomic mass is 16.5. The number of carbonyl (C=O) groups excluding carboxylic acids is 3. The van der Waals surface area contributed by atoms with E-state index in [1.54, 1.807) is 17.9 Å². The number of ketones is 1. The Hall–Kier alpha value is -2.17. The first-order valence-electron chi connectivity index (χ1n) is 6.96. The number of nitrogens with zero attached hydrogens (tertiary/aromatic N) is 1. The summed E-state index contributed by atoms with van der Waals surface area (Å²) in [6.45, 7) is 3.53. The molecule has 112 valence electrons. The van der Waals surface area contributed by atoms with Crippen molar-refractivity contribution in [2.45, 2.75) is 39.2 Å². The molecule has 0 saturated carbocycles. The number of ether oxygens (including phenoxy) is 1. The van der Waals surface area contributed by atoms with Crippen LogP contribution in [0.3, 0.4) is 0 Å². The number of Topliss-reactive ketones (excluding diaryl/α,β-unsaturated/α-hetero) is 1. The Morgan fingerprint density at radius 2 is 2.00 bits per heavy atom. The van der Waals surface area contributed by atoms with E-state index in [1.165, 1.54) is 7.11 Å². The summed E-state index contributed by atoms with van der Waals surface area (Å²) in [4.78, 5) is 36.6. The van der Waals surface area contributed by atoms with E-state index < -0.39 is 0 Å². The first-order chi connectivity index (χ1) is 9.93. The number of methoxy groups -OCH3 is 1. The molecule has 1 amide bonds. The van der Waals surface area contributed by atoms with Crippen molar-refractivity contribution in [2.24, 2.45) is 0 Å². The van der Waals surface area contributed by atoms with E-state index in [4.69, 9.17) is 0 Å². The van der Waals surface area contributed by atoms with Crippen LogP contribution in [0.25, 0.3) is 0 Å². The van der Waals surface area contributed by atoms with Crippen molar-refractivity contribution in [1.82, 2.24) is 0 Å². The molecule has 0 spiro atoms. The summed E-state index contributed by atoms with van der Waals surface area (Å²) in [6.07, 6.45) is 0.965. The van der Waals surface area contributed by atoms with Gasteiger partial charge in [0.25, 0.3) is 0 Å². The van der Waals surface area contributed by atoms with E-state index in [1.807, 2.05) is 19.1 Å². The van der Waals surface area contributed by atoms with Gasteiger partial charge in [0.2, 0.25) is 5.91 Å². The van der Waals surface area contributed by atoms with Crippen LogP contribution in [0.2, 0.25) is 0 Å². The molecule has 0 aliphatic carbocycles. The summed E-state index contributed by atoms with van der Waals surface area (Å²) in [5.74, 6) is -0.468. The Balaban J connectivity index is 2.16. The number of carbonyl (C=O) groups is 3. The molecule has 1 aliphatic rings. The molecule has 0 radical (unpaired) electrons. The lowest BCUT2D eigenvalue weighted by Gasteiger charge is -2.20. The molecule has 21 heavy (non-hydrogen) atoms. The molecule has 0 N–H and O–H groups in total. The van der Waals surface area contributed by atoms with Crippen molar-refractivity contribution in [3.63, 3.8) is 0 Å². The molecule has 0 fully saturated rings. The monoisotopic (exact) mass is 289 g/mol. The smallest absolute Gasteiger partial charge is 0.305 e. The number of fused-ring (bicyclic) bond motifs is 1. The van der Waals surface area contributed by atoms with Crippen LogP contribution in [0, 0.1) is 0 Å². The van der Waals surface area contributed by atoms with Crippen molar-refractivity contribution in [1.29, 1.82) is 0 Å². The Bertz CT molecular complexity index is 594. The summed E-state index contributed by atoms with van der Waals surface area (Å²) in [6, 6.07) is 5.46. The van der Waals surface area contributed by atoms with Gasteiger partial charge in [-0.3, -0.25) is 14.4 Å². The van der Waals surface area contributed by atoms with Gasteiger partial charge >= 0.3 is 5.97 Å². The van der Waals surface area contributed by atoms with Crippen LogP contribution in [-0.2, 0) is 20.7 Å². The third-order valence-corrected chi connectivity index (χ3v) is 3.74. The molecule has 1 aromatic rings. The molecular weight excluding hydrogens is 270 g/mol. The maximum atomic E-state index is 12.1. The molecular formula is C16H19NO4. The van der Waals surface area contributed by atoms with E-state index in [2.05, 4.69) is 4.74 Å². The zero-order chi connectivity index (χ0) is 15.6. The second-order valence-corrected chi connectivity index (χ2v) is 5.28. The second kappa shape index (κ2) is 6.08. The summed E-state index contributed by atoms with van der Waals surface area (Å²) < 4.78 is 4.53. The highest BCUT2D eigenvalue weighted by Crippen LogP contribution is 2.33. The third-order valence-electron chi connectivity index (χ3n) is 3.74. The zero-order valence-electron chi connectivity index (χ0n) is 12.5. The summed E-state index contributed by atoms with van der Waals surface area (Å²) in [5, 5.41) is 0. The molecule has 5 heteroatoms. The van der Waals surface area contributed by atoms with Crippen molar-refractivity contribution in [2.75, 3.05) is 12.0 Å². The maximum Gasteiger partial charge on any atom is 0.305 e. The van der Waals surface area contributed by atoms with Gasteiger partial charge in [-0.25, -0.2) is 0 Å². The van der Waals surface area contributed by atoms with Crippen molar-refractivity contribution >= 4 is 23.3 Å². The SMILES string of the molecule is COC(=O)CCC(=O)c1ccc2c(c1)CC(C)N2C(C)=O. The number of amides is 1. The number of esters is 1. The second-order valence-electron chi connectivity index (χ2n) is 5.28. The maximum absolute atomic E-state index is 12.1. The first kappa shape index (κ1) is 15.2. The topological polar surface area (TPSA) is 63.7 Å². The van der Waals surface area contributed by atoms with Crippen LogP contribution < -0.4 is 4.90 Å². The van der Waals surface area contributed by atoms with E-state index in [-0.39, 0.29) is 36.5 Å². The van der Waals surface area contributed by atoms with Crippen molar-refractivity contribution in [3.8, 4) is 0 Å². The average molecular weight is 289 g/mol. The molecule has 1 unspecified atom stereocenters. The minimum atomic E-state index is -0.388. The van der Waals surface area contributed by atoms with Gasteiger partial charge in [0.15, 0.2) is 5.78 Å². The van der Waals surface area contributed by atoms with Gasteiger partial charge in [0.1, 0.15) is 0 Å². The van der Waals surface area contributed by atoms with Crippen molar-refractivity contribution in [3.05, 3.63) is 29.3 Å². The van der Waals surface area contributed by atoms with E-state index >= 15 is 0 Å². The number of hydrogen-bond donors (Lipinski definition) is 0. The number of hydrogen-bond acceptors (Lipinski definition) is 4. The standard InChI is InChI=1S/C16H19NO4/c1-10-8-13-9-12(15(19)6-7-16(20)21-3)4-5-14(13)17(10)11(2)18/h4-5,9-10H,6-8H2,1-3H3. The fraction of sp³-hybridized carbons (Fsp3) is 0.438. The minimum Gasteiger partial charge on any atom is -0.469 e. The molecule has 1 heterocycles. The lowest BCUT2D eigenvalue weighted by molar-refractivity contribution is -0.140. The highest BCUT2D eigenvalue weighted by Gasteiger charge is 2.29. The Morgan fingerprint density at radius 3 is 2.62 bits per heavy atom. The lowest BCUT2D eigenvalue weighted by Crippen LogP contribution is -2.33. The molecule has 0 aromatic heterocycles. The van der Waals surface area contributed by atoms with Gasteiger partial charge in [0, 0.05) is 30.6 Å². The number of benzene rings is 1. The molecule has 1 atom stereocenters. The summed E-state index contributed by atoms with van der Waals surface area (Å²) in [7, 11) is 1.31. The van der Waals surface area contributed by atoms with E-state index in [0.29, 0.717) is 5.56 Å². The molecule has 1 aromatic carbocycles. The van der Waals surface area contributed by atoms with Gasteiger partial charge < -0.3 is 9.64 Å². The summed E-state index contributed by atoms with van der Waals surface area (Å²) >= 11 is 0.